The number of hydrogen-bond donors (Lipinski definition) is 1. The standard InChI is InChI=1S/C18H22N2O2S/c1-3-5-11-20(4-2)18(22)14-8-6-9-15(13-14)19-17(21)16-10-7-12-23-16/h6-10,12-13H,3-5,11H2,1-2H3,(H,19,21). The molecule has 0 aliphatic rings. The third-order valence-corrected chi connectivity index (χ3v) is 4.43. The van der Waals surface area contributed by atoms with E-state index in [1.54, 1.807) is 30.3 Å². The van der Waals surface area contributed by atoms with Crippen LogP contribution in [0.25, 0.3) is 0 Å². The summed E-state index contributed by atoms with van der Waals surface area (Å²) in [6, 6.07) is 10.7. The van der Waals surface area contributed by atoms with Crippen LogP contribution in [-0.4, -0.2) is 29.8 Å². The van der Waals surface area contributed by atoms with Gasteiger partial charge in [0, 0.05) is 24.3 Å². The number of benzene rings is 1. The van der Waals surface area contributed by atoms with Gasteiger partial charge >= 0.3 is 0 Å². The van der Waals surface area contributed by atoms with E-state index in [1.807, 2.05) is 23.3 Å². The maximum Gasteiger partial charge on any atom is 0.265 e. The number of anilines is 1. The molecule has 0 bridgehead atoms. The van der Waals surface area contributed by atoms with E-state index < -0.39 is 0 Å². The van der Waals surface area contributed by atoms with Crippen molar-refractivity contribution in [2.75, 3.05) is 18.4 Å². The van der Waals surface area contributed by atoms with Gasteiger partial charge in [0.1, 0.15) is 0 Å². The maximum absolute atomic E-state index is 12.6. The third kappa shape index (κ3) is 4.66. The molecule has 0 aliphatic carbocycles. The number of rotatable bonds is 7. The highest BCUT2D eigenvalue weighted by Gasteiger charge is 2.14. The Hall–Kier alpha value is -2.14. The number of nitrogens with one attached hydrogen (secondary N) is 1. The Balaban J connectivity index is 2.09. The summed E-state index contributed by atoms with van der Waals surface area (Å²) in [4.78, 5) is 27.1. The van der Waals surface area contributed by atoms with Crippen LogP contribution in [0.3, 0.4) is 0 Å². The second-order valence-electron chi connectivity index (χ2n) is 5.25. The highest BCUT2D eigenvalue weighted by molar-refractivity contribution is 7.12. The van der Waals surface area contributed by atoms with Crippen LogP contribution in [-0.2, 0) is 0 Å². The van der Waals surface area contributed by atoms with Crippen molar-refractivity contribution in [3.63, 3.8) is 0 Å². The van der Waals surface area contributed by atoms with Crippen LogP contribution in [0.5, 0.6) is 0 Å². The van der Waals surface area contributed by atoms with Gasteiger partial charge < -0.3 is 10.2 Å². The van der Waals surface area contributed by atoms with E-state index >= 15 is 0 Å². The molecule has 0 spiro atoms. The molecule has 2 amide bonds. The number of amides is 2. The minimum absolute atomic E-state index is 0.00757. The zero-order valence-electron chi connectivity index (χ0n) is 13.5. The number of nitrogens with zero attached hydrogens (tertiary/aromatic N) is 1. The molecule has 0 fully saturated rings. The molecule has 0 saturated carbocycles. The van der Waals surface area contributed by atoms with Crippen LogP contribution in [0, 0.1) is 0 Å². The molecule has 1 aromatic carbocycles. The molecular weight excluding hydrogens is 308 g/mol. The molecule has 1 N–H and O–H groups in total. The average Bonchev–Trinajstić information content (AvgIpc) is 3.10. The molecule has 2 aromatic rings. The molecule has 122 valence electrons. The fourth-order valence-electron chi connectivity index (χ4n) is 2.27. The van der Waals surface area contributed by atoms with E-state index in [0.29, 0.717) is 22.7 Å². The van der Waals surface area contributed by atoms with E-state index in [-0.39, 0.29) is 11.8 Å². The van der Waals surface area contributed by atoms with Crippen molar-refractivity contribution >= 4 is 28.8 Å². The van der Waals surface area contributed by atoms with E-state index in [0.717, 1.165) is 19.4 Å². The molecule has 1 aromatic heterocycles. The van der Waals surface area contributed by atoms with Gasteiger partial charge in [-0.1, -0.05) is 25.5 Å². The smallest absolute Gasteiger partial charge is 0.265 e. The zero-order chi connectivity index (χ0) is 16.7. The van der Waals surface area contributed by atoms with Gasteiger partial charge in [-0.3, -0.25) is 9.59 Å². The Morgan fingerprint density at radius 1 is 1.17 bits per heavy atom. The molecule has 2 rings (SSSR count). The first kappa shape index (κ1) is 17.2. The van der Waals surface area contributed by atoms with Crippen LogP contribution in [0.1, 0.15) is 46.7 Å². The predicted molar refractivity (Wildman–Crippen MR) is 95.2 cm³/mol. The zero-order valence-corrected chi connectivity index (χ0v) is 14.4. The summed E-state index contributed by atoms with van der Waals surface area (Å²) < 4.78 is 0. The summed E-state index contributed by atoms with van der Waals surface area (Å²) in [6.45, 7) is 5.54. The van der Waals surface area contributed by atoms with Crippen molar-refractivity contribution in [2.24, 2.45) is 0 Å². The molecular formula is C18H22N2O2S. The molecule has 4 nitrogen and oxygen atoms in total. The number of hydrogen-bond acceptors (Lipinski definition) is 3. The first-order valence-electron chi connectivity index (χ1n) is 7.90. The van der Waals surface area contributed by atoms with Crippen molar-refractivity contribution in [1.82, 2.24) is 4.90 Å². The van der Waals surface area contributed by atoms with Crippen LogP contribution >= 0.6 is 11.3 Å². The van der Waals surface area contributed by atoms with Gasteiger partial charge in [-0.2, -0.15) is 0 Å². The van der Waals surface area contributed by atoms with Gasteiger partial charge in [-0.15, -0.1) is 11.3 Å². The van der Waals surface area contributed by atoms with Gasteiger partial charge in [-0.25, -0.2) is 0 Å². The van der Waals surface area contributed by atoms with E-state index in [2.05, 4.69) is 12.2 Å². The van der Waals surface area contributed by atoms with Crippen molar-refractivity contribution in [3.05, 3.63) is 52.2 Å². The van der Waals surface area contributed by atoms with Gasteiger partial charge in [-0.05, 0) is 43.0 Å². The monoisotopic (exact) mass is 330 g/mol. The average molecular weight is 330 g/mol. The lowest BCUT2D eigenvalue weighted by Crippen LogP contribution is -2.31. The van der Waals surface area contributed by atoms with Gasteiger partial charge in [0.2, 0.25) is 0 Å². The molecule has 0 radical (unpaired) electrons. The van der Waals surface area contributed by atoms with E-state index in [9.17, 15) is 9.59 Å². The molecule has 5 heteroatoms. The number of unbranched alkanes of at least 4 members (excludes halogenated alkanes) is 1. The topological polar surface area (TPSA) is 49.4 Å². The summed E-state index contributed by atoms with van der Waals surface area (Å²) in [5, 5.41) is 4.70. The SMILES string of the molecule is CCCCN(CC)C(=O)c1cccc(NC(=O)c2cccs2)c1. The Kier molecular flexibility index (Phi) is 6.35. The fourth-order valence-corrected chi connectivity index (χ4v) is 2.88. The van der Waals surface area contributed by atoms with E-state index in [1.165, 1.54) is 11.3 Å². The van der Waals surface area contributed by atoms with Crippen molar-refractivity contribution in [2.45, 2.75) is 26.7 Å². The first-order valence-corrected chi connectivity index (χ1v) is 8.77. The molecule has 0 atom stereocenters. The predicted octanol–water partition coefficient (Wildman–Crippen LogP) is 4.26. The third-order valence-electron chi connectivity index (χ3n) is 3.56. The summed E-state index contributed by atoms with van der Waals surface area (Å²) in [7, 11) is 0. The fraction of sp³-hybridized carbons (Fsp3) is 0.333. The Bertz CT molecular complexity index is 653. The minimum Gasteiger partial charge on any atom is -0.339 e. The van der Waals surface area contributed by atoms with Crippen LogP contribution < -0.4 is 5.32 Å². The lowest BCUT2D eigenvalue weighted by atomic mass is 10.1. The van der Waals surface area contributed by atoms with Crippen molar-refractivity contribution < 1.29 is 9.59 Å². The molecule has 23 heavy (non-hydrogen) atoms. The Morgan fingerprint density at radius 2 is 2.00 bits per heavy atom. The summed E-state index contributed by atoms with van der Waals surface area (Å²) >= 11 is 1.39. The quantitative estimate of drug-likeness (QED) is 0.824. The van der Waals surface area contributed by atoms with Crippen LogP contribution in [0.2, 0.25) is 0 Å². The van der Waals surface area contributed by atoms with Gasteiger partial charge in [0.05, 0.1) is 4.88 Å². The largest absolute Gasteiger partial charge is 0.339 e. The maximum atomic E-state index is 12.6. The lowest BCUT2D eigenvalue weighted by Gasteiger charge is -2.21. The first-order chi connectivity index (χ1) is 11.2. The highest BCUT2D eigenvalue weighted by Crippen LogP contribution is 2.16. The van der Waals surface area contributed by atoms with E-state index in [4.69, 9.17) is 0 Å². The van der Waals surface area contributed by atoms with Gasteiger partial charge in [0.25, 0.3) is 11.8 Å². The lowest BCUT2D eigenvalue weighted by molar-refractivity contribution is 0.0762. The normalized spacial score (nSPS) is 10.3. The molecule has 0 unspecified atom stereocenters. The molecule has 0 saturated heterocycles. The number of carbonyl (C=O) groups excluding carboxylic acids is 2. The second kappa shape index (κ2) is 8.48. The van der Waals surface area contributed by atoms with Crippen LogP contribution in [0.15, 0.2) is 41.8 Å². The van der Waals surface area contributed by atoms with Crippen LogP contribution in [0.4, 0.5) is 5.69 Å². The Labute approximate surface area is 141 Å². The Morgan fingerprint density at radius 3 is 2.65 bits per heavy atom. The minimum atomic E-state index is -0.150. The van der Waals surface area contributed by atoms with Crippen molar-refractivity contribution in [1.29, 1.82) is 0 Å². The number of carbonyl (C=O) groups is 2. The molecule has 0 aliphatic heterocycles. The summed E-state index contributed by atoms with van der Waals surface area (Å²) in [6.07, 6.45) is 2.05. The highest BCUT2D eigenvalue weighted by atomic mass is 32.1. The second-order valence-corrected chi connectivity index (χ2v) is 6.20. The molecule has 1 heterocycles. The number of thiophene rings is 1. The van der Waals surface area contributed by atoms with Crippen molar-refractivity contribution in [3.8, 4) is 0 Å². The summed E-state index contributed by atoms with van der Waals surface area (Å²) in [5.41, 5.74) is 1.24. The van der Waals surface area contributed by atoms with Gasteiger partial charge in [0.15, 0.2) is 0 Å². The summed E-state index contributed by atoms with van der Waals surface area (Å²) in [5.74, 6) is -0.142.